The Morgan fingerprint density at radius 3 is 2.96 bits per heavy atom. The van der Waals surface area contributed by atoms with Crippen LogP contribution in [-0.4, -0.2) is 47.8 Å². The van der Waals surface area contributed by atoms with Crippen LogP contribution in [0, 0.1) is 0 Å². The smallest absolute Gasteiger partial charge is 0.277 e. The maximum Gasteiger partial charge on any atom is 0.277 e. The number of thioether (sulfide) groups is 1. The molecule has 1 fully saturated rings. The number of amides is 1. The van der Waals surface area contributed by atoms with Crippen molar-refractivity contribution in [3.8, 4) is 10.8 Å². The second-order valence-corrected chi connectivity index (χ2v) is 9.80. The zero-order valence-electron chi connectivity index (χ0n) is 11.7. The average molecular weight is 394 g/mol. The summed E-state index contributed by atoms with van der Waals surface area (Å²) in [6.45, 7) is 0. The summed E-state index contributed by atoms with van der Waals surface area (Å²) in [5.74, 6) is 0.320. The van der Waals surface area contributed by atoms with Crippen LogP contribution in [0.5, 0.6) is 0 Å². The highest BCUT2D eigenvalue weighted by atomic mass is 35.5. The van der Waals surface area contributed by atoms with Crippen molar-refractivity contribution in [2.24, 2.45) is 0 Å². The Bertz CT molecular complexity index is 817. The Labute approximate surface area is 145 Å². The summed E-state index contributed by atoms with van der Waals surface area (Å²) in [4.78, 5) is 12.6. The molecule has 0 aromatic carbocycles. The fourth-order valence-electron chi connectivity index (χ4n) is 2.10. The van der Waals surface area contributed by atoms with Crippen molar-refractivity contribution in [1.29, 1.82) is 0 Å². The molecule has 1 aliphatic rings. The number of hydrogen-bond acceptors (Lipinski definition) is 8. The molecule has 3 heterocycles. The third-order valence-corrected chi connectivity index (χ3v) is 6.92. The Hall–Kier alpha value is -1.10. The molecule has 0 aliphatic carbocycles. The second-order valence-electron chi connectivity index (χ2n) is 4.93. The van der Waals surface area contributed by atoms with Crippen LogP contribution in [-0.2, 0) is 14.6 Å². The van der Waals surface area contributed by atoms with Crippen LogP contribution in [0.25, 0.3) is 10.8 Å². The van der Waals surface area contributed by atoms with Gasteiger partial charge in [0, 0.05) is 6.04 Å². The summed E-state index contributed by atoms with van der Waals surface area (Å²) in [6, 6.07) is 3.21. The van der Waals surface area contributed by atoms with Crippen molar-refractivity contribution >= 4 is 50.4 Å². The molecule has 23 heavy (non-hydrogen) atoms. The third kappa shape index (κ3) is 4.46. The minimum absolute atomic E-state index is 0.00719. The number of sulfone groups is 1. The first-order valence-corrected chi connectivity index (χ1v) is 10.6. The van der Waals surface area contributed by atoms with Gasteiger partial charge in [0.05, 0.1) is 26.5 Å². The highest BCUT2D eigenvalue weighted by Crippen LogP contribution is 2.31. The molecular weight excluding hydrogens is 382 g/mol. The van der Waals surface area contributed by atoms with E-state index in [1.54, 1.807) is 12.1 Å². The first kappa shape index (κ1) is 16.7. The molecule has 3 rings (SSSR count). The number of aromatic nitrogens is 2. The van der Waals surface area contributed by atoms with Crippen LogP contribution < -0.4 is 5.32 Å². The molecule has 1 atom stereocenters. The molecule has 1 aliphatic heterocycles. The van der Waals surface area contributed by atoms with E-state index in [-0.39, 0.29) is 34.4 Å². The first-order valence-electron chi connectivity index (χ1n) is 6.63. The number of hydrogen-bond donors (Lipinski definition) is 1. The number of nitrogens with one attached hydrogen (secondary N) is 1. The van der Waals surface area contributed by atoms with Crippen molar-refractivity contribution in [3.05, 3.63) is 16.5 Å². The van der Waals surface area contributed by atoms with Crippen LogP contribution in [0.3, 0.4) is 0 Å². The fourth-order valence-corrected chi connectivity index (χ4v) is 5.31. The van der Waals surface area contributed by atoms with Gasteiger partial charge in [0.1, 0.15) is 0 Å². The first-order chi connectivity index (χ1) is 10.9. The van der Waals surface area contributed by atoms with E-state index in [1.165, 1.54) is 11.3 Å². The van der Waals surface area contributed by atoms with E-state index < -0.39 is 9.84 Å². The summed E-state index contributed by atoms with van der Waals surface area (Å²) < 4.78 is 28.8. The van der Waals surface area contributed by atoms with Crippen LogP contribution in [0.4, 0.5) is 0 Å². The van der Waals surface area contributed by atoms with Gasteiger partial charge in [0.2, 0.25) is 5.91 Å². The van der Waals surface area contributed by atoms with Gasteiger partial charge in [-0.1, -0.05) is 23.4 Å². The molecule has 1 amide bonds. The van der Waals surface area contributed by atoms with E-state index in [4.69, 9.17) is 16.0 Å². The number of halogens is 1. The lowest BCUT2D eigenvalue weighted by Crippen LogP contribution is -2.36. The molecule has 0 bridgehead atoms. The lowest BCUT2D eigenvalue weighted by Gasteiger charge is -2.09. The maximum absolute atomic E-state index is 11.8. The number of carbonyl (C=O) groups excluding carboxylic acids is 1. The van der Waals surface area contributed by atoms with Gasteiger partial charge in [-0.3, -0.25) is 4.79 Å². The number of thiophene rings is 1. The Morgan fingerprint density at radius 2 is 2.30 bits per heavy atom. The van der Waals surface area contributed by atoms with Gasteiger partial charge in [-0.2, -0.15) is 0 Å². The molecular formula is C12H12ClN3O4S3. The molecule has 1 unspecified atom stereocenters. The highest BCUT2D eigenvalue weighted by Gasteiger charge is 2.28. The predicted octanol–water partition coefficient (Wildman–Crippen LogP) is 1.85. The SMILES string of the molecule is O=C(CSc1nnc(-c2ccc(Cl)s2)o1)NC1CCS(=O)(=O)C1. The monoisotopic (exact) mass is 393 g/mol. The molecule has 124 valence electrons. The summed E-state index contributed by atoms with van der Waals surface area (Å²) in [6.07, 6.45) is 0.461. The second kappa shape index (κ2) is 6.80. The standard InChI is InChI=1S/C12H12ClN3O4S3/c13-9-2-1-8(22-9)11-15-16-12(20-11)21-5-10(17)14-7-3-4-23(18,19)6-7/h1-2,7H,3-6H2,(H,14,17). The van der Waals surface area contributed by atoms with Crippen molar-refractivity contribution in [1.82, 2.24) is 15.5 Å². The van der Waals surface area contributed by atoms with Crippen molar-refractivity contribution in [2.45, 2.75) is 17.7 Å². The van der Waals surface area contributed by atoms with Crippen molar-refractivity contribution in [3.63, 3.8) is 0 Å². The lowest BCUT2D eigenvalue weighted by molar-refractivity contribution is -0.119. The van der Waals surface area contributed by atoms with E-state index in [0.29, 0.717) is 16.6 Å². The number of carbonyl (C=O) groups is 1. The Kier molecular flexibility index (Phi) is 4.95. The van der Waals surface area contributed by atoms with Gasteiger partial charge in [0.15, 0.2) is 9.84 Å². The number of rotatable bonds is 5. The van der Waals surface area contributed by atoms with E-state index in [9.17, 15) is 13.2 Å². The van der Waals surface area contributed by atoms with E-state index in [2.05, 4.69) is 15.5 Å². The molecule has 11 heteroatoms. The maximum atomic E-state index is 11.8. The van der Waals surface area contributed by atoms with Gasteiger partial charge in [-0.05, 0) is 18.6 Å². The van der Waals surface area contributed by atoms with Gasteiger partial charge >= 0.3 is 0 Å². The molecule has 2 aromatic rings. The van der Waals surface area contributed by atoms with Crippen LogP contribution in [0.15, 0.2) is 21.8 Å². The molecule has 0 saturated carbocycles. The lowest BCUT2D eigenvalue weighted by atomic mass is 10.3. The van der Waals surface area contributed by atoms with Gasteiger partial charge in [-0.15, -0.1) is 21.5 Å². The highest BCUT2D eigenvalue weighted by molar-refractivity contribution is 7.99. The van der Waals surface area contributed by atoms with Crippen molar-refractivity contribution < 1.29 is 17.6 Å². The average Bonchev–Trinajstić information content (AvgIpc) is 3.17. The quantitative estimate of drug-likeness (QED) is 0.773. The normalized spacial score (nSPS) is 19.8. The van der Waals surface area contributed by atoms with Crippen LogP contribution in [0.2, 0.25) is 4.34 Å². The van der Waals surface area contributed by atoms with E-state index in [0.717, 1.165) is 16.6 Å². The van der Waals surface area contributed by atoms with Gasteiger partial charge < -0.3 is 9.73 Å². The zero-order chi connectivity index (χ0) is 16.4. The van der Waals surface area contributed by atoms with E-state index in [1.807, 2.05) is 0 Å². The minimum atomic E-state index is -3.01. The molecule has 0 radical (unpaired) electrons. The zero-order valence-corrected chi connectivity index (χ0v) is 14.9. The molecule has 2 aromatic heterocycles. The number of nitrogens with zero attached hydrogens (tertiary/aromatic N) is 2. The molecule has 7 nitrogen and oxygen atoms in total. The molecule has 1 saturated heterocycles. The molecule has 1 N–H and O–H groups in total. The molecule has 0 spiro atoms. The van der Waals surface area contributed by atoms with Crippen LogP contribution in [0.1, 0.15) is 6.42 Å². The topological polar surface area (TPSA) is 102 Å². The summed E-state index contributed by atoms with van der Waals surface area (Å²) in [5.41, 5.74) is 0. The van der Waals surface area contributed by atoms with Crippen molar-refractivity contribution in [2.75, 3.05) is 17.3 Å². The van der Waals surface area contributed by atoms with Crippen LogP contribution >= 0.6 is 34.7 Å². The summed E-state index contributed by atoms with van der Waals surface area (Å²) in [7, 11) is -3.01. The Morgan fingerprint density at radius 1 is 1.48 bits per heavy atom. The fraction of sp³-hybridized carbons (Fsp3) is 0.417. The van der Waals surface area contributed by atoms with Gasteiger partial charge in [-0.25, -0.2) is 8.42 Å². The third-order valence-electron chi connectivity index (χ3n) is 3.11. The van der Waals surface area contributed by atoms with E-state index >= 15 is 0 Å². The Balaban J connectivity index is 1.51. The summed E-state index contributed by atoms with van der Waals surface area (Å²) >= 11 is 8.28. The predicted molar refractivity (Wildman–Crippen MR) is 88.5 cm³/mol. The minimum Gasteiger partial charge on any atom is -0.410 e. The summed E-state index contributed by atoms with van der Waals surface area (Å²) in [5, 5.41) is 10.7. The van der Waals surface area contributed by atoms with Gasteiger partial charge in [0.25, 0.3) is 11.1 Å². The largest absolute Gasteiger partial charge is 0.410 e.